The largest absolute Gasteiger partial charge is 0.364 e. The van der Waals surface area contributed by atoms with Gasteiger partial charge in [-0.3, -0.25) is 0 Å². The lowest BCUT2D eigenvalue weighted by Gasteiger charge is -2.12. The van der Waals surface area contributed by atoms with Crippen LogP contribution in [-0.4, -0.2) is 19.9 Å². The van der Waals surface area contributed by atoms with Crippen LogP contribution in [0.3, 0.4) is 0 Å². The summed E-state index contributed by atoms with van der Waals surface area (Å²) < 4.78 is 7.18. The lowest BCUT2D eigenvalue weighted by atomic mass is 10.1. The second-order valence-corrected chi connectivity index (χ2v) is 5.06. The van der Waals surface area contributed by atoms with E-state index in [9.17, 15) is 5.11 Å². The fourth-order valence-corrected chi connectivity index (χ4v) is 2.14. The number of hydrogen-bond donors (Lipinski definition) is 1. The average Bonchev–Trinajstić information content (AvgIpc) is 3.02. The van der Waals surface area contributed by atoms with Crippen molar-refractivity contribution in [3.63, 3.8) is 0 Å². The Kier molecular flexibility index (Phi) is 4.27. The number of ether oxygens (including phenoxy) is 1. The highest BCUT2D eigenvalue weighted by Crippen LogP contribution is 2.17. The molecule has 3 rings (SSSR count). The molecule has 0 saturated heterocycles. The Bertz CT molecular complexity index is 740. The molecule has 1 N–H and O–H groups in total. The molecule has 22 heavy (non-hydrogen) atoms. The molecule has 5 heteroatoms. The molecule has 2 heterocycles. The summed E-state index contributed by atoms with van der Waals surface area (Å²) in [5.41, 5.74) is 2.71. The molecule has 2 aromatic heterocycles. The number of pyridine rings is 1. The van der Waals surface area contributed by atoms with E-state index in [-0.39, 0.29) is 6.61 Å². The van der Waals surface area contributed by atoms with Crippen LogP contribution in [0.1, 0.15) is 23.0 Å². The summed E-state index contributed by atoms with van der Waals surface area (Å²) in [6.45, 7) is 2.26. The number of benzene rings is 1. The Morgan fingerprint density at radius 2 is 2.14 bits per heavy atom. The number of aliphatic hydroxyl groups excluding tert-OH is 1. The average molecular weight is 295 g/mol. The molecule has 0 amide bonds. The smallest absolute Gasteiger partial charge is 0.181 e. The van der Waals surface area contributed by atoms with E-state index in [0.717, 1.165) is 22.5 Å². The molecule has 3 aromatic rings. The topological polar surface area (TPSA) is 60.2 Å². The monoisotopic (exact) mass is 295 g/mol. The van der Waals surface area contributed by atoms with Crippen molar-refractivity contribution >= 4 is 0 Å². The molecule has 0 saturated carbocycles. The van der Waals surface area contributed by atoms with Gasteiger partial charge in [0.25, 0.3) is 0 Å². The molecule has 1 aromatic carbocycles. The van der Waals surface area contributed by atoms with E-state index in [4.69, 9.17) is 4.74 Å². The molecule has 0 spiro atoms. The molecule has 112 valence electrons. The first-order valence-electron chi connectivity index (χ1n) is 7.03. The van der Waals surface area contributed by atoms with E-state index in [1.807, 2.05) is 55.6 Å². The van der Waals surface area contributed by atoms with Gasteiger partial charge in [0.15, 0.2) is 12.1 Å². The summed E-state index contributed by atoms with van der Waals surface area (Å²) in [6.07, 6.45) is 4.32. The maximum absolute atomic E-state index is 10.1. The van der Waals surface area contributed by atoms with E-state index in [1.54, 1.807) is 17.1 Å². The lowest BCUT2D eigenvalue weighted by molar-refractivity contribution is -0.112. The van der Waals surface area contributed by atoms with Crippen LogP contribution < -0.4 is 0 Å². The standard InChI is InChI=1S/C17H17N3O2/c1-13-5-4-6-15(9-13)17(21)22-12-14-10-19-20(11-14)16-7-2-3-8-18-16/h2-11,17,21H,12H2,1H3. The van der Waals surface area contributed by atoms with Crippen LogP contribution in [0.25, 0.3) is 5.82 Å². The van der Waals surface area contributed by atoms with Crippen LogP contribution in [0.5, 0.6) is 0 Å². The second kappa shape index (κ2) is 6.51. The van der Waals surface area contributed by atoms with Gasteiger partial charge in [-0.05, 0) is 19.1 Å². The molecule has 0 radical (unpaired) electrons. The zero-order chi connectivity index (χ0) is 15.4. The first-order valence-corrected chi connectivity index (χ1v) is 7.03. The van der Waals surface area contributed by atoms with Gasteiger partial charge in [0.2, 0.25) is 0 Å². The Hall–Kier alpha value is -2.50. The molecule has 5 nitrogen and oxygen atoms in total. The summed E-state index contributed by atoms with van der Waals surface area (Å²) in [6, 6.07) is 13.3. The van der Waals surface area contributed by atoms with Crippen LogP contribution in [0, 0.1) is 6.92 Å². The zero-order valence-corrected chi connectivity index (χ0v) is 12.3. The SMILES string of the molecule is Cc1cccc(C(O)OCc2cnn(-c3ccccn3)c2)c1. The van der Waals surface area contributed by atoms with Crippen molar-refractivity contribution in [2.75, 3.05) is 0 Å². The van der Waals surface area contributed by atoms with Gasteiger partial charge in [-0.1, -0.05) is 35.9 Å². The third kappa shape index (κ3) is 3.39. The van der Waals surface area contributed by atoms with Crippen LogP contribution in [0.4, 0.5) is 0 Å². The quantitative estimate of drug-likeness (QED) is 0.735. The first-order chi connectivity index (χ1) is 10.7. The van der Waals surface area contributed by atoms with Crippen molar-refractivity contribution in [2.24, 2.45) is 0 Å². The number of hydrogen-bond acceptors (Lipinski definition) is 4. The minimum absolute atomic E-state index is 0.280. The molecule has 0 aliphatic rings. The normalized spacial score (nSPS) is 12.3. The summed E-state index contributed by atoms with van der Waals surface area (Å²) in [7, 11) is 0. The molecule has 1 atom stereocenters. The van der Waals surface area contributed by atoms with Gasteiger partial charge in [-0.2, -0.15) is 5.10 Å². The molecular formula is C17H17N3O2. The Morgan fingerprint density at radius 1 is 1.23 bits per heavy atom. The molecular weight excluding hydrogens is 278 g/mol. The van der Waals surface area contributed by atoms with Crippen LogP contribution in [0.15, 0.2) is 61.1 Å². The molecule has 1 unspecified atom stereocenters. The molecule has 0 bridgehead atoms. The van der Waals surface area contributed by atoms with Gasteiger partial charge in [0.05, 0.1) is 12.8 Å². The number of aryl methyl sites for hydroxylation is 1. The minimum Gasteiger partial charge on any atom is -0.364 e. The van der Waals surface area contributed by atoms with Gasteiger partial charge < -0.3 is 9.84 Å². The van der Waals surface area contributed by atoms with Crippen LogP contribution in [0.2, 0.25) is 0 Å². The van der Waals surface area contributed by atoms with Crippen LogP contribution in [-0.2, 0) is 11.3 Å². The second-order valence-electron chi connectivity index (χ2n) is 5.06. The first kappa shape index (κ1) is 14.4. The summed E-state index contributed by atoms with van der Waals surface area (Å²) in [4.78, 5) is 4.23. The highest BCUT2D eigenvalue weighted by Gasteiger charge is 2.09. The van der Waals surface area contributed by atoms with Crippen molar-refractivity contribution in [3.05, 3.63) is 77.7 Å². The van der Waals surface area contributed by atoms with Gasteiger partial charge in [0, 0.05) is 23.5 Å². The lowest BCUT2D eigenvalue weighted by Crippen LogP contribution is -2.03. The highest BCUT2D eigenvalue weighted by molar-refractivity contribution is 5.23. The van der Waals surface area contributed by atoms with E-state index < -0.39 is 6.29 Å². The third-order valence-corrected chi connectivity index (χ3v) is 3.26. The van der Waals surface area contributed by atoms with E-state index in [2.05, 4.69) is 10.1 Å². The van der Waals surface area contributed by atoms with Gasteiger partial charge in [0.1, 0.15) is 0 Å². The van der Waals surface area contributed by atoms with Gasteiger partial charge >= 0.3 is 0 Å². The van der Waals surface area contributed by atoms with E-state index in [1.165, 1.54) is 0 Å². The Balaban J connectivity index is 1.64. The van der Waals surface area contributed by atoms with E-state index in [0.29, 0.717) is 0 Å². The van der Waals surface area contributed by atoms with Gasteiger partial charge in [-0.15, -0.1) is 0 Å². The molecule has 0 fully saturated rings. The summed E-state index contributed by atoms with van der Waals surface area (Å²) in [5, 5.41) is 14.3. The fourth-order valence-electron chi connectivity index (χ4n) is 2.14. The Labute approximate surface area is 128 Å². The number of rotatable bonds is 5. The van der Waals surface area contributed by atoms with E-state index >= 15 is 0 Å². The zero-order valence-electron chi connectivity index (χ0n) is 12.3. The number of aliphatic hydroxyl groups is 1. The van der Waals surface area contributed by atoms with Gasteiger partial charge in [-0.25, -0.2) is 9.67 Å². The maximum Gasteiger partial charge on any atom is 0.181 e. The molecule has 0 aliphatic carbocycles. The fraction of sp³-hybridized carbons (Fsp3) is 0.176. The van der Waals surface area contributed by atoms with Crippen molar-refractivity contribution < 1.29 is 9.84 Å². The van der Waals surface area contributed by atoms with Crippen molar-refractivity contribution in [1.82, 2.24) is 14.8 Å². The van der Waals surface area contributed by atoms with Crippen molar-refractivity contribution in [1.29, 1.82) is 0 Å². The minimum atomic E-state index is -0.946. The summed E-state index contributed by atoms with van der Waals surface area (Å²) >= 11 is 0. The van der Waals surface area contributed by atoms with Crippen LogP contribution >= 0.6 is 0 Å². The number of nitrogens with zero attached hydrogens (tertiary/aromatic N) is 3. The predicted molar refractivity (Wildman–Crippen MR) is 82.3 cm³/mol. The molecule has 0 aliphatic heterocycles. The summed E-state index contributed by atoms with van der Waals surface area (Å²) in [5.74, 6) is 0.744. The predicted octanol–water partition coefficient (Wildman–Crippen LogP) is 2.78. The van der Waals surface area contributed by atoms with Crippen molar-refractivity contribution in [3.8, 4) is 5.82 Å². The third-order valence-electron chi connectivity index (χ3n) is 3.26. The number of aromatic nitrogens is 3. The maximum atomic E-state index is 10.1. The van der Waals surface area contributed by atoms with Crippen molar-refractivity contribution in [2.45, 2.75) is 19.8 Å². The highest BCUT2D eigenvalue weighted by atomic mass is 16.6. The Morgan fingerprint density at radius 3 is 2.91 bits per heavy atom.